The number of likely N-dealkylation sites (N-methyl/N-ethyl adjacent to an activating group) is 1. The molecule has 1 aliphatic heterocycles. The third-order valence-corrected chi connectivity index (χ3v) is 5.07. The molecule has 2 aromatic rings. The average molecular weight is 332 g/mol. The van der Waals surface area contributed by atoms with Crippen LogP contribution in [0.15, 0.2) is 42.5 Å². The standard InChI is InChI=1S/C17H20N2O3S/c1-13-3-5-14(6-4-13)12-23(20,21)18-15-7-8-16-17(11-15)22-10-9-19(16)2/h3-8,11,18H,9-10,12H2,1-2H3. The third kappa shape index (κ3) is 3.76. The van der Waals surface area contributed by atoms with Gasteiger partial charge in [0, 0.05) is 13.1 Å². The maximum absolute atomic E-state index is 12.3. The molecule has 1 heterocycles. The summed E-state index contributed by atoms with van der Waals surface area (Å²) in [5.74, 6) is 0.653. The average Bonchev–Trinajstić information content (AvgIpc) is 2.49. The van der Waals surface area contributed by atoms with Crippen molar-refractivity contribution in [2.75, 3.05) is 29.8 Å². The molecule has 0 aromatic heterocycles. The summed E-state index contributed by atoms with van der Waals surface area (Å²) in [5.41, 5.74) is 3.36. The monoisotopic (exact) mass is 332 g/mol. The molecule has 2 aromatic carbocycles. The van der Waals surface area contributed by atoms with Crippen LogP contribution >= 0.6 is 0 Å². The Bertz CT molecular complexity index is 801. The number of benzene rings is 2. The molecular formula is C17H20N2O3S. The van der Waals surface area contributed by atoms with Gasteiger partial charge in [-0.3, -0.25) is 4.72 Å². The molecule has 3 rings (SSSR count). The molecule has 0 saturated heterocycles. The number of hydrogen-bond acceptors (Lipinski definition) is 4. The fraction of sp³-hybridized carbons (Fsp3) is 0.294. The van der Waals surface area contributed by atoms with E-state index in [0.29, 0.717) is 18.0 Å². The van der Waals surface area contributed by atoms with Gasteiger partial charge in [-0.15, -0.1) is 0 Å². The van der Waals surface area contributed by atoms with Crippen LogP contribution in [0.4, 0.5) is 11.4 Å². The van der Waals surface area contributed by atoms with Crippen molar-refractivity contribution in [3.63, 3.8) is 0 Å². The van der Waals surface area contributed by atoms with Crippen LogP contribution in [-0.4, -0.2) is 28.6 Å². The molecule has 23 heavy (non-hydrogen) atoms. The largest absolute Gasteiger partial charge is 0.489 e. The maximum atomic E-state index is 12.3. The fourth-order valence-corrected chi connectivity index (χ4v) is 3.73. The van der Waals surface area contributed by atoms with Crippen molar-refractivity contribution in [2.45, 2.75) is 12.7 Å². The molecule has 122 valence electrons. The zero-order valence-corrected chi connectivity index (χ0v) is 14.1. The number of ether oxygens (including phenoxy) is 1. The van der Waals surface area contributed by atoms with Crippen LogP contribution in [0, 0.1) is 6.92 Å². The van der Waals surface area contributed by atoms with Gasteiger partial charge in [0.15, 0.2) is 0 Å². The molecule has 0 spiro atoms. The zero-order chi connectivity index (χ0) is 16.4. The molecule has 0 atom stereocenters. The number of anilines is 2. The van der Waals surface area contributed by atoms with Crippen LogP contribution in [0.5, 0.6) is 5.75 Å². The Morgan fingerprint density at radius 2 is 1.91 bits per heavy atom. The summed E-state index contributed by atoms with van der Waals surface area (Å²) in [6.07, 6.45) is 0. The van der Waals surface area contributed by atoms with Crippen LogP contribution in [0.3, 0.4) is 0 Å². The molecule has 0 radical (unpaired) electrons. The minimum atomic E-state index is -3.46. The normalized spacial score (nSPS) is 14.1. The van der Waals surface area contributed by atoms with E-state index < -0.39 is 10.0 Å². The predicted molar refractivity (Wildman–Crippen MR) is 92.6 cm³/mol. The summed E-state index contributed by atoms with van der Waals surface area (Å²) >= 11 is 0. The Morgan fingerprint density at radius 1 is 1.17 bits per heavy atom. The Balaban J connectivity index is 1.76. The lowest BCUT2D eigenvalue weighted by Gasteiger charge is -2.28. The molecule has 5 nitrogen and oxygen atoms in total. The van der Waals surface area contributed by atoms with E-state index in [1.54, 1.807) is 12.1 Å². The summed E-state index contributed by atoms with van der Waals surface area (Å²) in [6.45, 7) is 3.40. The highest BCUT2D eigenvalue weighted by Gasteiger charge is 2.17. The van der Waals surface area contributed by atoms with Crippen molar-refractivity contribution >= 4 is 21.4 Å². The van der Waals surface area contributed by atoms with Crippen LogP contribution in [0.1, 0.15) is 11.1 Å². The van der Waals surface area contributed by atoms with Crippen LogP contribution < -0.4 is 14.4 Å². The van der Waals surface area contributed by atoms with Crippen LogP contribution in [-0.2, 0) is 15.8 Å². The van der Waals surface area contributed by atoms with E-state index in [0.717, 1.165) is 23.4 Å². The number of sulfonamides is 1. The van der Waals surface area contributed by atoms with E-state index in [1.165, 1.54) is 0 Å². The van der Waals surface area contributed by atoms with Crippen molar-refractivity contribution in [3.05, 3.63) is 53.6 Å². The SMILES string of the molecule is Cc1ccc(CS(=O)(=O)Nc2ccc3c(c2)OCCN3C)cc1. The smallest absolute Gasteiger partial charge is 0.236 e. The molecule has 0 fully saturated rings. The Hall–Kier alpha value is -2.21. The quantitative estimate of drug-likeness (QED) is 0.935. The van der Waals surface area contributed by atoms with E-state index in [2.05, 4.69) is 9.62 Å². The molecule has 1 aliphatic rings. The first-order chi connectivity index (χ1) is 10.9. The number of fused-ring (bicyclic) bond motifs is 1. The lowest BCUT2D eigenvalue weighted by Crippen LogP contribution is -2.28. The van der Waals surface area contributed by atoms with Gasteiger partial charge in [-0.1, -0.05) is 29.8 Å². The van der Waals surface area contributed by atoms with Crippen molar-refractivity contribution in [1.82, 2.24) is 0 Å². The summed E-state index contributed by atoms with van der Waals surface area (Å²) in [4.78, 5) is 2.09. The highest BCUT2D eigenvalue weighted by atomic mass is 32.2. The second kappa shape index (κ2) is 6.12. The number of aryl methyl sites for hydroxylation is 1. The zero-order valence-electron chi connectivity index (χ0n) is 13.2. The molecule has 0 aliphatic carbocycles. The second-order valence-corrected chi connectivity index (χ2v) is 7.52. The molecule has 0 unspecified atom stereocenters. The van der Waals surface area contributed by atoms with E-state index in [-0.39, 0.29) is 5.75 Å². The molecule has 6 heteroatoms. The molecule has 0 saturated carbocycles. The van der Waals surface area contributed by atoms with E-state index in [1.807, 2.05) is 44.3 Å². The number of hydrogen-bond donors (Lipinski definition) is 1. The second-order valence-electron chi connectivity index (χ2n) is 5.80. The topological polar surface area (TPSA) is 58.6 Å². The van der Waals surface area contributed by atoms with Gasteiger partial charge in [-0.2, -0.15) is 0 Å². The van der Waals surface area contributed by atoms with Crippen molar-refractivity contribution < 1.29 is 13.2 Å². The van der Waals surface area contributed by atoms with Gasteiger partial charge in [0.1, 0.15) is 12.4 Å². The maximum Gasteiger partial charge on any atom is 0.236 e. The lowest BCUT2D eigenvalue weighted by atomic mass is 10.2. The van der Waals surface area contributed by atoms with Crippen LogP contribution in [0.2, 0.25) is 0 Å². The number of nitrogens with one attached hydrogen (secondary N) is 1. The molecule has 0 bridgehead atoms. The minimum Gasteiger partial charge on any atom is -0.489 e. The highest BCUT2D eigenvalue weighted by Crippen LogP contribution is 2.33. The first-order valence-corrected chi connectivity index (χ1v) is 9.12. The van der Waals surface area contributed by atoms with Gasteiger partial charge >= 0.3 is 0 Å². The van der Waals surface area contributed by atoms with E-state index >= 15 is 0 Å². The Kier molecular flexibility index (Phi) is 4.17. The summed E-state index contributed by atoms with van der Waals surface area (Å²) in [7, 11) is -1.47. The summed E-state index contributed by atoms with van der Waals surface area (Å²) < 4.78 is 32.9. The Morgan fingerprint density at radius 3 is 2.65 bits per heavy atom. The third-order valence-electron chi connectivity index (χ3n) is 3.81. The fourth-order valence-electron chi connectivity index (χ4n) is 2.54. The van der Waals surface area contributed by atoms with Gasteiger partial charge in [-0.25, -0.2) is 8.42 Å². The van der Waals surface area contributed by atoms with E-state index in [4.69, 9.17) is 4.74 Å². The van der Waals surface area contributed by atoms with Gasteiger partial charge in [-0.05, 0) is 24.6 Å². The van der Waals surface area contributed by atoms with Gasteiger partial charge < -0.3 is 9.64 Å². The predicted octanol–water partition coefficient (Wildman–Crippen LogP) is 2.77. The number of rotatable bonds is 4. The first-order valence-electron chi connectivity index (χ1n) is 7.47. The lowest BCUT2D eigenvalue weighted by molar-refractivity contribution is 0.311. The Labute approximate surface area is 136 Å². The highest BCUT2D eigenvalue weighted by molar-refractivity contribution is 7.91. The summed E-state index contributed by atoms with van der Waals surface area (Å²) in [5, 5.41) is 0. The molecule has 1 N–H and O–H groups in total. The van der Waals surface area contributed by atoms with Gasteiger partial charge in [0.05, 0.1) is 23.7 Å². The van der Waals surface area contributed by atoms with Crippen molar-refractivity contribution in [3.8, 4) is 5.75 Å². The molecular weight excluding hydrogens is 312 g/mol. The summed E-state index contributed by atoms with van der Waals surface area (Å²) in [6, 6.07) is 12.9. The molecule has 0 amide bonds. The van der Waals surface area contributed by atoms with E-state index in [9.17, 15) is 8.42 Å². The van der Waals surface area contributed by atoms with Gasteiger partial charge in [0.25, 0.3) is 0 Å². The van der Waals surface area contributed by atoms with Gasteiger partial charge in [0.2, 0.25) is 10.0 Å². The van der Waals surface area contributed by atoms with Crippen LogP contribution in [0.25, 0.3) is 0 Å². The van der Waals surface area contributed by atoms with Crippen molar-refractivity contribution in [2.24, 2.45) is 0 Å². The number of nitrogens with zero attached hydrogens (tertiary/aromatic N) is 1. The first kappa shape index (κ1) is 15.7. The van der Waals surface area contributed by atoms with Crippen molar-refractivity contribution in [1.29, 1.82) is 0 Å². The minimum absolute atomic E-state index is 0.0505.